The molecule has 0 atom stereocenters. The molecule has 0 unspecified atom stereocenters. The van der Waals surface area contributed by atoms with E-state index in [0.717, 1.165) is 31.6 Å². The van der Waals surface area contributed by atoms with E-state index < -0.39 is 0 Å². The number of carbonyl (C=O) groups is 1. The molecule has 1 aliphatic rings. The first-order valence-corrected chi connectivity index (χ1v) is 6.23. The zero-order valence-corrected chi connectivity index (χ0v) is 10.4. The van der Waals surface area contributed by atoms with Crippen molar-refractivity contribution >= 4 is 5.91 Å². The van der Waals surface area contributed by atoms with Crippen LogP contribution in [0.2, 0.25) is 0 Å². The van der Waals surface area contributed by atoms with Gasteiger partial charge in [0.1, 0.15) is 5.69 Å². The Hall–Kier alpha value is -1.36. The predicted octanol–water partition coefficient (Wildman–Crippen LogP) is 1.01. The highest BCUT2D eigenvalue weighted by molar-refractivity contribution is 5.92. The molecule has 1 aromatic heterocycles. The standard InChI is InChI=1S/C12H20N4O/c1-8(2)10-7-11(16-15-10)12(17)14-9-3-5-13-6-4-9/h7-9,13H,3-6H2,1-2H3,(H,14,17)(H,15,16). The summed E-state index contributed by atoms with van der Waals surface area (Å²) in [6.07, 6.45) is 1.99. The zero-order chi connectivity index (χ0) is 12.3. The second kappa shape index (κ2) is 5.31. The molecule has 2 rings (SSSR count). The van der Waals surface area contributed by atoms with E-state index in [1.165, 1.54) is 0 Å². The summed E-state index contributed by atoms with van der Waals surface area (Å²) in [6.45, 7) is 6.09. The number of aromatic nitrogens is 2. The summed E-state index contributed by atoms with van der Waals surface area (Å²) in [5.41, 5.74) is 1.49. The van der Waals surface area contributed by atoms with Crippen LogP contribution in [-0.2, 0) is 0 Å². The third-order valence-corrected chi connectivity index (χ3v) is 3.13. The Balaban J connectivity index is 1.94. The quantitative estimate of drug-likeness (QED) is 0.733. The van der Waals surface area contributed by atoms with Crippen molar-refractivity contribution < 1.29 is 4.79 Å². The normalized spacial score (nSPS) is 17.4. The Labute approximate surface area is 101 Å². The van der Waals surface area contributed by atoms with Gasteiger partial charge in [-0.25, -0.2) is 0 Å². The van der Waals surface area contributed by atoms with Gasteiger partial charge >= 0.3 is 0 Å². The molecule has 0 radical (unpaired) electrons. The lowest BCUT2D eigenvalue weighted by Gasteiger charge is -2.23. The Kier molecular flexibility index (Phi) is 3.78. The highest BCUT2D eigenvalue weighted by Gasteiger charge is 2.18. The Morgan fingerprint density at radius 2 is 2.18 bits per heavy atom. The second-order valence-corrected chi connectivity index (χ2v) is 4.86. The molecule has 0 spiro atoms. The van der Waals surface area contributed by atoms with E-state index in [-0.39, 0.29) is 11.9 Å². The summed E-state index contributed by atoms with van der Waals surface area (Å²) in [7, 11) is 0. The number of nitrogens with one attached hydrogen (secondary N) is 3. The molecule has 1 saturated heterocycles. The predicted molar refractivity (Wildman–Crippen MR) is 66.0 cm³/mol. The summed E-state index contributed by atoms with van der Waals surface area (Å²) in [4.78, 5) is 11.9. The van der Waals surface area contributed by atoms with Crippen LogP contribution in [0.1, 0.15) is 48.8 Å². The van der Waals surface area contributed by atoms with Crippen LogP contribution >= 0.6 is 0 Å². The van der Waals surface area contributed by atoms with Crippen molar-refractivity contribution in [3.63, 3.8) is 0 Å². The smallest absolute Gasteiger partial charge is 0.271 e. The minimum absolute atomic E-state index is 0.0694. The van der Waals surface area contributed by atoms with Crippen LogP contribution in [-0.4, -0.2) is 35.2 Å². The number of nitrogens with zero attached hydrogens (tertiary/aromatic N) is 1. The minimum atomic E-state index is -0.0694. The maximum atomic E-state index is 11.9. The third-order valence-electron chi connectivity index (χ3n) is 3.13. The third kappa shape index (κ3) is 3.06. The fourth-order valence-corrected chi connectivity index (χ4v) is 1.97. The molecule has 1 fully saturated rings. The summed E-state index contributed by atoms with van der Waals surface area (Å²) in [5, 5.41) is 13.3. The van der Waals surface area contributed by atoms with Crippen molar-refractivity contribution in [1.82, 2.24) is 20.8 Å². The molecule has 0 bridgehead atoms. The van der Waals surface area contributed by atoms with Gasteiger partial charge in [0, 0.05) is 11.7 Å². The van der Waals surface area contributed by atoms with Gasteiger partial charge in [0.25, 0.3) is 5.91 Å². The van der Waals surface area contributed by atoms with Gasteiger partial charge in [0.05, 0.1) is 0 Å². The molecule has 0 aromatic carbocycles. The molecule has 5 heteroatoms. The van der Waals surface area contributed by atoms with Crippen LogP contribution < -0.4 is 10.6 Å². The van der Waals surface area contributed by atoms with Crippen LogP contribution in [0.3, 0.4) is 0 Å². The molecular formula is C12H20N4O. The first kappa shape index (κ1) is 12.1. The molecule has 5 nitrogen and oxygen atoms in total. The zero-order valence-electron chi connectivity index (χ0n) is 10.4. The lowest BCUT2D eigenvalue weighted by molar-refractivity contribution is 0.0924. The Bertz CT molecular complexity index is 380. The summed E-state index contributed by atoms with van der Waals surface area (Å²) in [5.74, 6) is 0.294. The molecule has 17 heavy (non-hydrogen) atoms. The molecule has 0 aliphatic carbocycles. The first-order chi connectivity index (χ1) is 8.16. The maximum absolute atomic E-state index is 11.9. The molecule has 3 N–H and O–H groups in total. The largest absolute Gasteiger partial charge is 0.348 e. The maximum Gasteiger partial charge on any atom is 0.271 e. The second-order valence-electron chi connectivity index (χ2n) is 4.86. The van der Waals surface area contributed by atoms with Crippen molar-refractivity contribution in [3.8, 4) is 0 Å². The average Bonchev–Trinajstić information content (AvgIpc) is 2.79. The topological polar surface area (TPSA) is 69.8 Å². The molecular weight excluding hydrogens is 216 g/mol. The number of hydrogen-bond donors (Lipinski definition) is 3. The molecule has 2 heterocycles. The molecule has 1 amide bonds. The lowest BCUT2D eigenvalue weighted by atomic mass is 10.1. The summed E-state index contributed by atoms with van der Waals surface area (Å²) in [6, 6.07) is 2.11. The van der Waals surface area contributed by atoms with E-state index in [1.807, 2.05) is 6.07 Å². The minimum Gasteiger partial charge on any atom is -0.348 e. The van der Waals surface area contributed by atoms with Crippen molar-refractivity contribution in [2.75, 3.05) is 13.1 Å². The number of hydrogen-bond acceptors (Lipinski definition) is 3. The summed E-state index contributed by atoms with van der Waals surface area (Å²) >= 11 is 0. The highest BCUT2D eigenvalue weighted by Crippen LogP contribution is 2.12. The van der Waals surface area contributed by atoms with E-state index in [4.69, 9.17) is 0 Å². The lowest BCUT2D eigenvalue weighted by Crippen LogP contribution is -2.42. The van der Waals surface area contributed by atoms with Crippen LogP contribution in [0, 0.1) is 0 Å². The molecule has 1 aliphatic heterocycles. The molecule has 94 valence electrons. The SMILES string of the molecule is CC(C)c1cc(C(=O)NC2CCNCC2)n[nH]1. The van der Waals surface area contributed by atoms with Gasteiger partial charge in [-0.3, -0.25) is 9.89 Å². The van der Waals surface area contributed by atoms with Crippen LogP contribution in [0.4, 0.5) is 0 Å². The fraction of sp³-hybridized carbons (Fsp3) is 0.667. The number of H-pyrrole nitrogens is 1. The van der Waals surface area contributed by atoms with Crippen LogP contribution in [0.15, 0.2) is 6.07 Å². The van der Waals surface area contributed by atoms with Crippen molar-refractivity contribution in [2.45, 2.75) is 38.6 Å². The van der Waals surface area contributed by atoms with Gasteiger partial charge in [0.15, 0.2) is 0 Å². The van der Waals surface area contributed by atoms with Gasteiger partial charge < -0.3 is 10.6 Å². The van der Waals surface area contributed by atoms with Gasteiger partial charge in [0.2, 0.25) is 0 Å². The average molecular weight is 236 g/mol. The van der Waals surface area contributed by atoms with Crippen molar-refractivity contribution in [3.05, 3.63) is 17.5 Å². The van der Waals surface area contributed by atoms with Gasteiger partial charge in [-0.1, -0.05) is 13.8 Å². The number of piperidine rings is 1. The van der Waals surface area contributed by atoms with Crippen LogP contribution in [0.25, 0.3) is 0 Å². The van der Waals surface area contributed by atoms with E-state index in [9.17, 15) is 4.79 Å². The monoisotopic (exact) mass is 236 g/mol. The number of carbonyl (C=O) groups excluding carboxylic acids is 1. The van der Waals surface area contributed by atoms with Crippen LogP contribution in [0.5, 0.6) is 0 Å². The summed E-state index contributed by atoms with van der Waals surface area (Å²) < 4.78 is 0. The number of amides is 1. The van der Waals surface area contributed by atoms with Gasteiger partial charge in [-0.05, 0) is 37.9 Å². The Morgan fingerprint density at radius 1 is 1.47 bits per heavy atom. The Morgan fingerprint density at radius 3 is 2.76 bits per heavy atom. The van der Waals surface area contributed by atoms with Crippen molar-refractivity contribution in [2.24, 2.45) is 0 Å². The first-order valence-electron chi connectivity index (χ1n) is 6.23. The van der Waals surface area contributed by atoms with Crippen molar-refractivity contribution in [1.29, 1.82) is 0 Å². The number of aromatic amines is 1. The van der Waals surface area contributed by atoms with E-state index in [0.29, 0.717) is 11.6 Å². The highest BCUT2D eigenvalue weighted by atomic mass is 16.2. The molecule has 0 saturated carbocycles. The van der Waals surface area contributed by atoms with Gasteiger partial charge in [-0.2, -0.15) is 5.10 Å². The van der Waals surface area contributed by atoms with E-state index in [2.05, 4.69) is 34.7 Å². The number of rotatable bonds is 3. The molecule has 1 aromatic rings. The van der Waals surface area contributed by atoms with Gasteiger partial charge in [-0.15, -0.1) is 0 Å². The van der Waals surface area contributed by atoms with E-state index in [1.54, 1.807) is 0 Å². The van der Waals surface area contributed by atoms with E-state index >= 15 is 0 Å². The fourth-order valence-electron chi connectivity index (χ4n) is 1.97.